The van der Waals surface area contributed by atoms with Gasteiger partial charge in [0.25, 0.3) is 5.91 Å². The minimum Gasteiger partial charge on any atom is -0.392 e. The molecule has 1 heterocycles. The highest BCUT2D eigenvalue weighted by atomic mass is 16.3. The highest BCUT2D eigenvalue weighted by Crippen LogP contribution is 2.40. The van der Waals surface area contributed by atoms with Crippen molar-refractivity contribution in [3.63, 3.8) is 0 Å². The van der Waals surface area contributed by atoms with Gasteiger partial charge in [0, 0.05) is 24.4 Å². The van der Waals surface area contributed by atoms with Crippen molar-refractivity contribution in [1.82, 2.24) is 0 Å². The Morgan fingerprint density at radius 1 is 1.25 bits per heavy atom. The minimum absolute atomic E-state index is 0.193. The van der Waals surface area contributed by atoms with E-state index in [1.807, 2.05) is 24.3 Å². The summed E-state index contributed by atoms with van der Waals surface area (Å²) in [4.78, 5) is 33.9. The van der Waals surface area contributed by atoms with Gasteiger partial charge in [-0.05, 0) is 37.7 Å². The monoisotopic (exact) mass is 439 g/mol. The number of nitrogens with two attached hydrogens (primary N) is 1. The van der Waals surface area contributed by atoms with E-state index in [2.05, 4.69) is 6.92 Å². The summed E-state index contributed by atoms with van der Waals surface area (Å²) in [6.07, 6.45) is 8.44. The molecule has 1 aliphatic heterocycles. The minimum atomic E-state index is -2.00. The summed E-state index contributed by atoms with van der Waals surface area (Å²) in [5.74, 6) is -0.971. The van der Waals surface area contributed by atoms with Crippen LogP contribution in [-0.4, -0.2) is 41.3 Å². The second-order valence-corrected chi connectivity index (χ2v) is 9.99. The summed E-state index contributed by atoms with van der Waals surface area (Å²) in [7, 11) is 1.67. The molecule has 0 aromatic heterocycles. The van der Waals surface area contributed by atoms with E-state index in [9.17, 15) is 14.7 Å². The third-order valence-corrected chi connectivity index (χ3v) is 7.53. The van der Waals surface area contributed by atoms with Crippen molar-refractivity contribution in [2.75, 3.05) is 11.9 Å². The van der Waals surface area contributed by atoms with Crippen LogP contribution in [0.5, 0.6) is 0 Å². The van der Waals surface area contributed by atoms with Crippen LogP contribution < -0.4 is 10.6 Å². The third-order valence-electron chi connectivity index (χ3n) is 7.53. The second-order valence-electron chi connectivity index (χ2n) is 9.99. The van der Waals surface area contributed by atoms with E-state index >= 15 is 0 Å². The van der Waals surface area contributed by atoms with Gasteiger partial charge in [-0.15, -0.1) is 0 Å². The normalized spacial score (nSPS) is 25.8. The molecule has 1 aromatic carbocycles. The predicted molar refractivity (Wildman–Crippen MR) is 127 cm³/mol. The number of unbranched alkanes of at least 4 members (excludes halogenated alkanes) is 1. The Bertz CT molecular complexity index is 888. The summed E-state index contributed by atoms with van der Waals surface area (Å²) in [6, 6.07) is 7.71. The first-order valence-corrected chi connectivity index (χ1v) is 12.3. The van der Waals surface area contributed by atoms with E-state index in [-0.39, 0.29) is 5.92 Å². The summed E-state index contributed by atoms with van der Waals surface area (Å²) in [5, 5.41) is 11.0. The molecule has 2 saturated carbocycles. The number of Topliss-reactive ketones (excluding diaryl/α,β-unsaturated/α-hetero) is 1. The van der Waals surface area contributed by atoms with Crippen LogP contribution >= 0.6 is 0 Å². The van der Waals surface area contributed by atoms with Crippen molar-refractivity contribution in [3.8, 4) is 0 Å². The molecular weight excluding hydrogens is 402 g/mol. The van der Waals surface area contributed by atoms with Crippen molar-refractivity contribution in [1.29, 1.82) is 0 Å². The second kappa shape index (κ2) is 9.44. The first kappa shape index (κ1) is 23.1. The standard InChI is InChI=1S/C26H37N3O3/c1-3-4-13-22(30)20(16-17-14-15-17)24(31)26(27)25(32)29(2)21-12-8-7-11-19(21)23(28-26)18-9-5-6-10-18/h7-8,11-12,17-18,20,22,30H,3-6,9-10,13-16,27H2,1-2H3/t20-,22+,26?/m1/s1. The van der Waals surface area contributed by atoms with Gasteiger partial charge in [-0.2, -0.15) is 0 Å². The SMILES string of the molecule is CCCC[C@H](O)[C@@H](CC1CC1)C(=O)C1(N)N=C(C2CCCC2)c2ccccc2N(C)C1=O. The van der Waals surface area contributed by atoms with Gasteiger partial charge in [0.05, 0.1) is 17.5 Å². The van der Waals surface area contributed by atoms with Crippen molar-refractivity contribution < 1.29 is 14.7 Å². The Hall–Kier alpha value is -2.05. The lowest BCUT2D eigenvalue weighted by atomic mass is 9.82. The number of aliphatic hydroxyl groups excluding tert-OH is 1. The number of anilines is 1. The fourth-order valence-electron chi connectivity index (χ4n) is 5.37. The van der Waals surface area contributed by atoms with Crippen molar-refractivity contribution in [2.45, 2.75) is 82.9 Å². The Balaban J connectivity index is 1.76. The lowest BCUT2D eigenvalue weighted by molar-refractivity contribution is -0.139. The maximum absolute atomic E-state index is 14.0. The van der Waals surface area contributed by atoms with E-state index in [0.29, 0.717) is 18.8 Å². The van der Waals surface area contributed by atoms with Gasteiger partial charge in [-0.1, -0.05) is 63.6 Å². The van der Waals surface area contributed by atoms with Gasteiger partial charge in [-0.25, -0.2) is 4.99 Å². The topological polar surface area (TPSA) is 96.0 Å². The Kier molecular flexibility index (Phi) is 6.82. The van der Waals surface area contributed by atoms with Crippen LogP contribution in [0.3, 0.4) is 0 Å². The lowest BCUT2D eigenvalue weighted by Gasteiger charge is -2.32. The van der Waals surface area contributed by atoms with Crippen LogP contribution in [0.25, 0.3) is 0 Å². The number of ketones is 1. The number of nitrogens with zero attached hydrogens (tertiary/aromatic N) is 2. The summed E-state index contributed by atoms with van der Waals surface area (Å²) >= 11 is 0. The van der Waals surface area contributed by atoms with Crippen molar-refractivity contribution in [3.05, 3.63) is 29.8 Å². The number of carbonyl (C=O) groups excluding carboxylic acids is 2. The number of amides is 1. The first-order valence-electron chi connectivity index (χ1n) is 12.3. The molecule has 0 saturated heterocycles. The third kappa shape index (κ3) is 4.40. The zero-order valence-electron chi connectivity index (χ0n) is 19.4. The van der Waals surface area contributed by atoms with Gasteiger partial charge >= 0.3 is 0 Å². The number of aliphatic hydroxyl groups is 1. The summed E-state index contributed by atoms with van der Waals surface area (Å²) < 4.78 is 0. The van der Waals surface area contributed by atoms with Crippen LogP contribution in [0.2, 0.25) is 0 Å². The maximum atomic E-state index is 14.0. The Labute approximate surface area is 191 Å². The van der Waals surface area contributed by atoms with Crippen LogP contribution in [0.4, 0.5) is 5.69 Å². The number of hydrogen-bond donors (Lipinski definition) is 2. The number of para-hydroxylation sites is 1. The number of hydrogen-bond acceptors (Lipinski definition) is 5. The van der Waals surface area contributed by atoms with Gasteiger partial charge in [0.1, 0.15) is 0 Å². The highest BCUT2D eigenvalue weighted by molar-refractivity contribution is 6.22. The molecule has 174 valence electrons. The molecule has 2 aliphatic carbocycles. The van der Waals surface area contributed by atoms with E-state index in [4.69, 9.17) is 10.7 Å². The molecular formula is C26H37N3O3. The fourth-order valence-corrected chi connectivity index (χ4v) is 5.37. The predicted octanol–water partition coefficient (Wildman–Crippen LogP) is 3.83. The van der Waals surface area contributed by atoms with E-state index < -0.39 is 29.4 Å². The molecule has 1 unspecified atom stereocenters. The van der Waals surface area contributed by atoms with E-state index in [1.54, 1.807) is 7.05 Å². The number of benzene rings is 1. The number of likely N-dealkylation sites (N-methyl/N-ethyl adjacent to an activating group) is 1. The maximum Gasteiger partial charge on any atom is 0.277 e. The molecule has 3 atom stereocenters. The average Bonchev–Trinajstić information content (AvgIpc) is 3.48. The van der Waals surface area contributed by atoms with Gasteiger partial charge in [-0.3, -0.25) is 15.3 Å². The zero-order valence-corrected chi connectivity index (χ0v) is 19.4. The van der Waals surface area contributed by atoms with Crippen LogP contribution in [0.15, 0.2) is 29.3 Å². The molecule has 0 bridgehead atoms. The number of rotatable bonds is 9. The zero-order chi connectivity index (χ0) is 22.9. The Morgan fingerprint density at radius 3 is 2.59 bits per heavy atom. The molecule has 6 heteroatoms. The van der Waals surface area contributed by atoms with Crippen molar-refractivity contribution in [2.24, 2.45) is 28.5 Å². The molecule has 3 aliphatic rings. The average molecular weight is 440 g/mol. The van der Waals surface area contributed by atoms with E-state index in [0.717, 1.165) is 68.3 Å². The molecule has 1 aromatic rings. The number of benzodiazepines with no additional fused rings is 1. The fraction of sp³-hybridized carbons (Fsp3) is 0.654. The molecule has 4 rings (SSSR count). The lowest BCUT2D eigenvalue weighted by Crippen LogP contribution is -2.61. The number of carbonyl (C=O) groups is 2. The molecule has 3 N–H and O–H groups in total. The quantitative estimate of drug-likeness (QED) is 0.572. The molecule has 0 spiro atoms. The smallest absolute Gasteiger partial charge is 0.277 e. The van der Waals surface area contributed by atoms with Crippen LogP contribution in [-0.2, 0) is 9.59 Å². The van der Waals surface area contributed by atoms with Crippen LogP contribution in [0, 0.1) is 17.8 Å². The van der Waals surface area contributed by atoms with Gasteiger partial charge in [0.2, 0.25) is 5.66 Å². The molecule has 0 radical (unpaired) electrons. The van der Waals surface area contributed by atoms with E-state index in [1.165, 1.54) is 4.90 Å². The summed E-state index contributed by atoms with van der Waals surface area (Å²) in [5.41, 5.74) is 7.11. The van der Waals surface area contributed by atoms with Crippen molar-refractivity contribution >= 4 is 23.1 Å². The molecule has 6 nitrogen and oxygen atoms in total. The molecule has 1 amide bonds. The molecule has 2 fully saturated rings. The van der Waals surface area contributed by atoms with Gasteiger partial charge < -0.3 is 10.0 Å². The first-order chi connectivity index (χ1) is 15.4. The largest absolute Gasteiger partial charge is 0.392 e. The number of aliphatic imine (C=N–C) groups is 1. The Morgan fingerprint density at radius 2 is 1.94 bits per heavy atom. The van der Waals surface area contributed by atoms with Crippen LogP contribution in [0.1, 0.15) is 76.7 Å². The van der Waals surface area contributed by atoms with Gasteiger partial charge in [0.15, 0.2) is 5.78 Å². The molecule has 32 heavy (non-hydrogen) atoms. The highest BCUT2D eigenvalue weighted by Gasteiger charge is 2.51. The number of fused-ring (bicyclic) bond motifs is 1. The summed E-state index contributed by atoms with van der Waals surface area (Å²) in [6.45, 7) is 2.06.